The molecule has 4 rings (SSSR count). The van der Waals surface area contributed by atoms with Gasteiger partial charge in [0, 0.05) is 32.1 Å². The molecule has 3 heterocycles. The summed E-state index contributed by atoms with van der Waals surface area (Å²) in [7, 11) is 0. The first-order valence-corrected chi connectivity index (χ1v) is 10.2. The van der Waals surface area contributed by atoms with Crippen LogP contribution in [0, 0.1) is 5.92 Å². The van der Waals surface area contributed by atoms with Gasteiger partial charge in [-0.3, -0.25) is 4.79 Å². The van der Waals surface area contributed by atoms with E-state index in [4.69, 9.17) is 4.74 Å². The summed E-state index contributed by atoms with van der Waals surface area (Å²) >= 11 is 0. The fourth-order valence-electron chi connectivity index (χ4n) is 4.60. The Balaban J connectivity index is 0.00000210. The predicted molar refractivity (Wildman–Crippen MR) is 105 cm³/mol. The Morgan fingerprint density at radius 1 is 1.15 bits per heavy atom. The van der Waals surface area contributed by atoms with E-state index in [0.29, 0.717) is 11.8 Å². The number of carbonyl (C=O) groups excluding carboxylic acids is 1. The van der Waals surface area contributed by atoms with E-state index in [9.17, 15) is 4.79 Å². The number of fused-ring (bicyclic) bond motifs is 1. The second-order valence-corrected chi connectivity index (χ2v) is 8.07. The van der Waals surface area contributed by atoms with Gasteiger partial charge in [-0.05, 0) is 31.6 Å². The van der Waals surface area contributed by atoms with Crippen LogP contribution < -0.4 is 5.32 Å². The van der Waals surface area contributed by atoms with Crippen LogP contribution in [0.1, 0.15) is 63.0 Å². The minimum Gasteiger partial charge on any atom is -0.368 e. The Labute approximate surface area is 167 Å². The maximum atomic E-state index is 12.5. The van der Waals surface area contributed by atoms with Crippen LogP contribution in [0.5, 0.6) is 0 Å². The molecule has 152 valence electrons. The molecule has 0 bridgehead atoms. The Morgan fingerprint density at radius 3 is 2.70 bits per heavy atom. The van der Waals surface area contributed by atoms with Crippen molar-refractivity contribution >= 4 is 18.3 Å². The largest absolute Gasteiger partial charge is 0.368 e. The molecule has 7 nitrogen and oxygen atoms in total. The van der Waals surface area contributed by atoms with Crippen molar-refractivity contribution in [3.63, 3.8) is 0 Å². The SMILES string of the molecule is CC1CCCCC1OCC(=O)N1CCC(c2nnc3n2CCNC3)CC1.Cl. The molecule has 0 aromatic carbocycles. The van der Waals surface area contributed by atoms with Gasteiger partial charge >= 0.3 is 0 Å². The van der Waals surface area contributed by atoms with Crippen molar-refractivity contribution in [1.29, 1.82) is 0 Å². The summed E-state index contributed by atoms with van der Waals surface area (Å²) in [5.74, 6) is 3.29. The Morgan fingerprint density at radius 2 is 1.93 bits per heavy atom. The van der Waals surface area contributed by atoms with Gasteiger partial charge < -0.3 is 19.5 Å². The van der Waals surface area contributed by atoms with Crippen LogP contribution in [0.2, 0.25) is 0 Å². The molecule has 1 saturated carbocycles. The highest BCUT2D eigenvalue weighted by atomic mass is 35.5. The molecule has 1 saturated heterocycles. The molecule has 2 aliphatic heterocycles. The number of nitrogens with one attached hydrogen (secondary N) is 1. The van der Waals surface area contributed by atoms with E-state index < -0.39 is 0 Å². The molecule has 2 atom stereocenters. The van der Waals surface area contributed by atoms with E-state index in [0.717, 1.165) is 63.6 Å². The van der Waals surface area contributed by atoms with Gasteiger partial charge in [0.25, 0.3) is 0 Å². The maximum absolute atomic E-state index is 12.5. The fraction of sp³-hybridized carbons (Fsp3) is 0.842. The summed E-state index contributed by atoms with van der Waals surface area (Å²) in [6.07, 6.45) is 7.05. The van der Waals surface area contributed by atoms with Crippen LogP contribution in [-0.2, 0) is 22.6 Å². The topological polar surface area (TPSA) is 72.3 Å². The summed E-state index contributed by atoms with van der Waals surface area (Å²) in [4.78, 5) is 14.5. The molecular weight excluding hydrogens is 366 g/mol. The van der Waals surface area contributed by atoms with E-state index in [1.807, 2.05) is 4.90 Å². The van der Waals surface area contributed by atoms with Gasteiger partial charge in [-0.15, -0.1) is 22.6 Å². The monoisotopic (exact) mass is 397 g/mol. The summed E-state index contributed by atoms with van der Waals surface area (Å²) < 4.78 is 8.23. The molecule has 1 amide bonds. The zero-order valence-corrected chi connectivity index (χ0v) is 17.0. The first-order valence-electron chi connectivity index (χ1n) is 10.2. The number of aromatic nitrogens is 3. The number of halogens is 1. The lowest BCUT2D eigenvalue weighted by Gasteiger charge is -2.33. The minimum atomic E-state index is 0. The Bertz CT molecular complexity index is 630. The Kier molecular flexibility index (Phi) is 7.11. The zero-order chi connectivity index (χ0) is 17.9. The number of hydrogen-bond acceptors (Lipinski definition) is 5. The van der Waals surface area contributed by atoms with Crippen LogP contribution in [-0.4, -0.2) is 57.9 Å². The standard InChI is InChI=1S/C19H31N5O2.ClH/c1-14-4-2-3-5-16(14)26-13-18(25)23-9-6-15(7-10-23)19-22-21-17-12-20-8-11-24(17)19;/h14-16,20H,2-13H2,1H3;1H. The summed E-state index contributed by atoms with van der Waals surface area (Å²) in [5.41, 5.74) is 0. The third kappa shape index (κ3) is 4.63. The second kappa shape index (κ2) is 9.34. The van der Waals surface area contributed by atoms with E-state index >= 15 is 0 Å². The molecule has 1 aliphatic carbocycles. The average Bonchev–Trinajstić information content (AvgIpc) is 3.11. The molecule has 3 aliphatic rings. The van der Waals surface area contributed by atoms with Crippen molar-refractivity contribution in [3.05, 3.63) is 11.6 Å². The quantitative estimate of drug-likeness (QED) is 0.842. The number of rotatable bonds is 4. The molecule has 2 unspecified atom stereocenters. The molecule has 1 aromatic rings. The summed E-state index contributed by atoms with van der Waals surface area (Å²) in [6, 6.07) is 0. The average molecular weight is 398 g/mol. The fourth-order valence-corrected chi connectivity index (χ4v) is 4.60. The number of hydrogen-bond donors (Lipinski definition) is 1. The van der Waals surface area contributed by atoms with E-state index in [2.05, 4.69) is 27.0 Å². The van der Waals surface area contributed by atoms with E-state index in [1.54, 1.807) is 0 Å². The van der Waals surface area contributed by atoms with E-state index in [1.165, 1.54) is 19.3 Å². The Hall–Kier alpha value is -1.18. The van der Waals surface area contributed by atoms with Gasteiger partial charge in [-0.1, -0.05) is 19.8 Å². The third-order valence-corrected chi connectivity index (χ3v) is 6.32. The first-order chi connectivity index (χ1) is 12.7. The minimum absolute atomic E-state index is 0. The molecule has 0 spiro atoms. The number of likely N-dealkylation sites (tertiary alicyclic amines) is 1. The van der Waals surface area contributed by atoms with Gasteiger partial charge in [-0.2, -0.15) is 0 Å². The van der Waals surface area contributed by atoms with Crippen molar-refractivity contribution in [2.75, 3.05) is 26.2 Å². The van der Waals surface area contributed by atoms with Crippen molar-refractivity contribution in [2.24, 2.45) is 5.92 Å². The normalized spacial score (nSPS) is 26.3. The van der Waals surface area contributed by atoms with Gasteiger partial charge in [0.15, 0.2) is 0 Å². The number of nitrogens with zero attached hydrogens (tertiary/aromatic N) is 4. The highest BCUT2D eigenvalue weighted by Crippen LogP contribution is 2.29. The van der Waals surface area contributed by atoms with Gasteiger partial charge in [-0.25, -0.2) is 0 Å². The van der Waals surface area contributed by atoms with Gasteiger partial charge in [0.1, 0.15) is 18.3 Å². The molecule has 8 heteroatoms. The molecule has 1 aromatic heterocycles. The van der Waals surface area contributed by atoms with Crippen molar-refractivity contribution < 1.29 is 9.53 Å². The van der Waals surface area contributed by atoms with E-state index in [-0.39, 0.29) is 31.0 Å². The number of amides is 1. The van der Waals surface area contributed by atoms with Crippen LogP contribution in [0.3, 0.4) is 0 Å². The van der Waals surface area contributed by atoms with Gasteiger partial charge in [0.05, 0.1) is 12.6 Å². The van der Waals surface area contributed by atoms with Crippen LogP contribution >= 0.6 is 12.4 Å². The molecular formula is C19H32ClN5O2. The maximum Gasteiger partial charge on any atom is 0.248 e. The lowest BCUT2D eigenvalue weighted by Crippen LogP contribution is -2.41. The highest BCUT2D eigenvalue weighted by Gasteiger charge is 2.29. The summed E-state index contributed by atoms with van der Waals surface area (Å²) in [6.45, 7) is 6.82. The lowest BCUT2D eigenvalue weighted by atomic mass is 9.88. The number of carbonyl (C=O) groups is 1. The third-order valence-electron chi connectivity index (χ3n) is 6.32. The highest BCUT2D eigenvalue weighted by molar-refractivity contribution is 5.85. The first kappa shape index (κ1) is 20.6. The smallest absolute Gasteiger partial charge is 0.248 e. The predicted octanol–water partition coefficient (Wildman–Crippen LogP) is 2.10. The van der Waals surface area contributed by atoms with Crippen LogP contribution in [0.15, 0.2) is 0 Å². The molecule has 0 radical (unpaired) electrons. The molecule has 2 fully saturated rings. The zero-order valence-electron chi connectivity index (χ0n) is 16.2. The lowest BCUT2D eigenvalue weighted by molar-refractivity contribution is -0.141. The van der Waals surface area contributed by atoms with Crippen LogP contribution in [0.25, 0.3) is 0 Å². The second-order valence-electron chi connectivity index (χ2n) is 8.07. The van der Waals surface area contributed by atoms with Crippen molar-refractivity contribution in [2.45, 2.75) is 70.6 Å². The summed E-state index contributed by atoms with van der Waals surface area (Å²) in [5, 5.41) is 12.1. The number of ether oxygens (including phenoxy) is 1. The molecule has 1 N–H and O–H groups in total. The van der Waals surface area contributed by atoms with Crippen molar-refractivity contribution in [3.8, 4) is 0 Å². The number of piperidine rings is 1. The van der Waals surface area contributed by atoms with Gasteiger partial charge in [0.2, 0.25) is 5.91 Å². The van der Waals surface area contributed by atoms with Crippen LogP contribution in [0.4, 0.5) is 0 Å². The van der Waals surface area contributed by atoms with Crippen molar-refractivity contribution in [1.82, 2.24) is 25.0 Å². The molecule has 27 heavy (non-hydrogen) atoms.